The van der Waals surface area contributed by atoms with Gasteiger partial charge in [-0.1, -0.05) is 50.3 Å². The third-order valence-corrected chi connectivity index (χ3v) is 4.32. The number of nitrogens with zero attached hydrogens (tertiary/aromatic N) is 1. The van der Waals surface area contributed by atoms with E-state index in [2.05, 4.69) is 30.3 Å². The second-order valence-electron chi connectivity index (χ2n) is 6.06. The van der Waals surface area contributed by atoms with E-state index in [0.717, 1.165) is 18.6 Å². The first-order valence-corrected chi connectivity index (χ1v) is 8.51. The lowest BCUT2D eigenvalue weighted by molar-refractivity contribution is 0.160. The van der Waals surface area contributed by atoms with Gasteiger partial charge in [-0.2, -0.15) is 5.26 Å². The van der Waals surface area contributed by atoms with Gasteiger partial charge < -0.3 is 4.74 Å². The number of fused-ring (bicyclic) bond motifs is 1. The van der Waals surface area contributed by atoms with Crippen molar-refractivity contribution in [2.24, 2.45) is 0 Å². The van der Waals surface area contributed by atoms with Crippen LogP contribution in [0.1, 0.15) is 69.8 Å². The number of benzene rings is 1. The summed E-state index contributed by atoms with van der Waals surface area (Å²) in [4.78, 5) is 0. The average Bonchev–Trinajstić information content (AvgIpc) is 2.53. The van der Waals surface area contributed by atoms with Crippen LogP contribution in [0.15, 0.2) is 24.3 Å². The summed E-state index contributed by atoms with van der Waals surface area (Å²) in [6.07, 6.45) is 13.5. The van der Waals surface area contributed by atoms with Crippen molar-refractivity contribution >= 4 is 0 Å². The second kappa shape index (κ2) is 9.45. The Balaban J connectivity index is 1.50. The molecule has 1 aliphatic heterocycles. The van der Waals surface area contributed by atoms with Gasteiger partial charge in [0.1, 0.15) is 5.75 Å². The van der Waals surface area contributed by atoms with E-state index in [9.17, 15) is 0 Å². The minimum absolute atomic E-state index is 0.426. The van der Waals surface area contributed by atoms with Gasteiger partial charge in [0.05, 0.1) is 12.2 Å². The largest absolute Gasteiger partial charge is 0.490 e. The number of hydrogen-bond donors (Lipinski definition) is 0. The molecule has 0 fully saturated rings. The third-order valence-electron chi connectivity index (χ3n) is 4.32. The van der Waals surface area contributed by atoms with Gasteiger partial charge in [0.2, 0.25) is 0 Å². The van der Waals surface area contributed by atoms with Crippen molar-refractivity contribution in [2.45, 2.75) is 76.7 Å². The molecule has 114 valence electrons. The summed E-state index contributed by atoms with van der Waals surface area (Å²) < 4.78 is 6.07. The molecule has 2 heteroatoms. The highest BCUT2D eigenvalue weighted by atomic mass is 16.5. The first kappa shape index (κ1) is 15.9. The van der Waals surface area contributed by atoms with Crippen molar-refractivity contribution in [3.8, 4) is 11.8 Å². The zero-order chi connectivity index (χ0) is 14.8. The third kappa shape index (κ3) is 5.79. The molecule has 0 bridgehead atoms. The van der Waals surface area contributed by atoms with E-state index >= 15 is 0 Å². The Kier molecular flexibility index (Phi) is 7.15. The molecule has 0 saturated carbocycles. The zero-order valence-electron chi connectivity index (χ0n) is 13.0. The molecule has 0 aliphatic carbocycles. The number of ether oxygens (including phenoxy) is 1. The maximum absolute atomic E-state index is 8.46. The molecule has 0 unspecified atom stereocenters. The molecule has 0 amide bonds. The fourth-order valence-electron chi connectivity index (χ4n) is 3.04. The lowest BCUT2D eigenvalue weighted by Gasteiger charge is -2.26. The monoisotopic (exact) mass is 285 g/mol. The summed E-state index contributed by atoms with van der Waals surface area (Å²) in [5.41, 5.74) is 1.37. The van der Waals surface area contributed by atoms with Gasteiger partial charge in [0.25, 0.3) is 0 Å². The Labute approximate surface area is 129 Å². The summed E-state index contributed by atoms with van der Waals surface area (Å²) in [5, 5.41) is 8.46. The lowest BCUT2D eigenvalue weighted by Crippen LogP contribution is -2.22. The van der Waals surface area contributed by atoms with Crippen molar-refractivity contribution < 1.29 is 4.74 Å². The summed E-state index contributed by atoms with van der Waals surface area (Å²) >= 11 is 0. The van der Waals surface area contributed by atoms with Gasteiger partial charge in [-0.25, -0.2) is 0 Å². The fraction of sp³-hybridized carbons (Fsp3) is 0.632. The summed E-state index contributed by atoms with van der Waals surface area (Å²) in [6.45, 7) is 0. The fourth-order valence-corrected chi connectivity index (χ4v) is 3.04. The van der Waals surface area contributed by atoms with Gasteiger partial charge in [0, 0.05) is 6.42 Å². The minimum atomic E-state index is 0.426. The van der Waals surface area contributed by atoms with E-state index in [4.69, 9.17) is 10.00 Å². The van der Waals surface area contributed by atoms with Crippen LogP contribution in [0.3, 0.4) is 0 Å². The standard InChI is InChI=1S/C19H27NO/c20-16-10-6-4-2-1-3-5-7-12-18-15-14-17-11-8-9-13-19(17)21-18/h8-9,11,13,18H,1-7,10,12,14-15H2/t18-/m1/s1. The van der Waals surface area contributed by atoms with Crippen LogP contribution >= 0.6 is 0 Å². The van der Waals surface area contributed by atoms with E-state index < -0.39 is 0 Å². The number of hydrogen-bond acceptors (Lipinski definition) is 2. The maximum atomic E-state index is 8.46. The topological polar surface area (TPSA) is 33.0 Å². The Hall–Kier alpha value is -1.49. The number of rotatable bonds is 9. The smallest absolute Gasteiger partial charge is 0.122 e. The SMILES string of the molecule is N#CCCCCCCCCC[C@@H]1CCc2ccccc2O1. The zero-order valence-corrected chi connectivity index (χ0v) is 13.0. The molecule has 1 aromatic rings. The minimum Gasteiger partial charge on any atom is -0.490 e. The molecule has 1 atom stereocenters. The van der Waals surface area contributed by atoms with E-state index in [1.807, 2.05) is 0 Å². The molecule has 1 aliphatic rings. The maximum Gasteiger partial charge on any atom is 0.122 e. The van der Waals surface area contributed by atoms with Crippen LogP contribution in [0.25, 0.3) is 0 Å². The Morgan fingerprint density at radius 1 is 1.00 bits per heavy atom. The van der Waals surface area contributed by atoms with Crippen LogP contribution in [-0.2, 0) is 6.42 Å². The van der Waals surface area contributed by atoms with Crippen molar-refractivity contribution in [3.05, 3.63) is 29.8 Å². The molecule has 21 heavy (non-hydrogen) atoms. The first-order chi connectivity index (χ1) is 10.4. The number of aryl methyl sites for hydroxylation is 1. The summed E-state index contributed by atoms with van der Waals surface area (Å²) in [5.74, 6) is 1.10. The molecule has 0 saturated heterocycles. The quantitative estimate of drug-likeness (QED) is 0.568. The van der Waals surface area contributed by atoms with Crippen LogP contribution < -0.4 is 4.74 Å². The summed E-state index contributed by atoms with van der Waals surface area (Å²) in [7, 11) is 0. The van der Waals surface area contributed by atoms with Gasteiger partial charge in [-0.15, -0.1) is 0 Å². The highest BCUT2D eigenvalue weighted by Crippen LogP contribution is 2.29. The second-order valence-corrected chi connectivity index (χ2v) is 6.06. The lowest BCUT2D eigenvalue weighted by atomic mass is 9.98. The van der Waals surface area contributed by atoms with Crippen molar-refractivity contribution in [2.75, 3.05) is 0 Å². The molecular formula is C19H27NO. The molecule has 1 aromatic carbocycles. The van der Waals surface area contributed by atoms with Crippen molar-refractivity contribution in [1.82, 2.24) is 0 Å². The van der Waals surface area contributed by atoms with Gasteiger partial charge in [-0.05, 0) is 43.7 Å². The van der Waals surface area contributed by atoms with Crippen LogP contribution in [0.5, 0.6) is 5.75 Å². The van der Waals surface area contributed by atoms with Crippen molar-refractivity contribution in [1.29, 1.82) is 5.26 Å². The molecule has 0 spiro atoms. The van der Waals surface area contributed by atoms with E-state index in [1.54, 1.807) is 0 Å². The molecular weight excluding hydrogens is 258 g/mol. The average molecular weight is 285 g/mol. The van der Waals surface area contributed by atoms with Crippen LogP contribution in [-0.4, -0.2) is 6.10 Å². The highest BCUT2D eigenvalue weighted by Gasteiger charge is 2.18. The number of para-hydroxylation sites is 1. The highest BCUT2D eigenvalue weighted by molar-refractivity contribution is 5.35. The van der Waals surface area contributed by atoms with Crippen LogP contribution in [0, 0.1) is 11.3 Å². The van der Waals surface area contributed by atoms with Gasteiger partial charge >= 0.3 is 0 Å². The van der Waals surface area contributed by atoms with Gasteiger partial charge in [-0.3, -0.25) is 0 Å². The molecule has 1 heterocycles. The first-order valence-electron chi connectivity index (χ1n) is 8.51. The summed E-state index contributed by atoms with van der Waals surface area (Å²) in [6, 6.07) is 10.6. The molecule has 2 rings (SSSR count). The van der Waals surface area contributed by atoms with Gasteiger partial charge in [0.15, 0.2) is 0 Å². The molecule has 0 N–H and O–H groups in total. The predicted octanol–water partition coefficient (Wildman–Crippen LogP) is 5.41. The Morgan fingerprint density at radius 2 is 1.71 bits per heavy atom. The Morgan fingerprint density at radius 3 is 2.52 bits per heavy atom. The number of nitriles is 1. The van der Waals surface area contributed by atoms with Crippen LogP contribution in [0.4, 0.5) is 0 Å². The van der Waals surface area contributed by atoms with E-state index in [-0.39, 0.29) is 0 Å². The van der Waals surface area contributed by atoms with E-state index in [1.165, 1.54) is 63.4 Å². The molecule has 0 radical (unpaired) electrons. The van der Waals surface area contributed by atoms with Crippen molar-refractivity contribution in [3.63, 3.8) is 0 Å². The normalized spacial score (nSPS) is 16.8. The van der Waals surface area contributed by atoms with Crippen LogP contribution in [0.2, 0.25) is 0 Å². The van der Waals surface area contributed by atoms with E-state index in [0.29, 0.717) is 6.10 Å². The number of unbranched alkanes of at least 4 members (excludes halogenated alkanes) is 7. The predicted molar refractivity (Wildman–Crippen MR) is 86.3 cm³/mol. The molecule has 2 nitrogen and oxygen atoms in total. The molecule has 0 aromatic heterocycles. The Bertz CT molecular complexity index is 449.